The quantitative estimate of drug-likeness (QED) is 0.587. The zero-order chi connectivity index (χ0) is 9.72. The molecule has 2 N–H and O–H groups in total. The molecule has 0 saturated heterocycles. The standard InChI is InChI=1S/C9H13N.C2H6/c1-6-4-8(3)9(10)5-7(6)2;1-2/h4-5H,10H2,1-3H3;1-2H3. The van der Waals surface area contributed by atoms with Crippen LogP contribution in [0.4, 0.5) is 5.69 Å². The topological polar surface area (TPSA) is 26.0 Å². The van der Waals surface area contributed by atoms with Gasteiger partial charge < -0.3 is 5.73 Å². The Morgan fingerprint density at radius 3 is 1.67 bits per heavy atom. The monoisotopic (exact) mass is 165 g/mol. The van der Waals surface area contributed by atoms with Gasteiger partial charge in [0.05, 0.1) is 0 Å². The predicted molar refractivity (Wildman–Crippen MR) is 56.4 cm³/mol. The fourth-order valence-electron chi connectivity index (χ4n) is 0.983. The van der Waals surface area contributed by atoms with Crippen molar-refractivity contribution >= 4 is 5.69 Å². The Labute approximate surface area is 75.6 Å². The molecule has 0 unspecified atom stereocenters. The minimum absolute atomic E-state index is 0.892. The Morgan fingerprint density at radius 2 is 1.25 bits per heavy atom. The van der Waals surface area contributed by atoms with Crippen LogP contribution in [0.15, 0.2) is 12.1 Å². The van der Waals surface area contributed by atoms with Gasteiger partial charge in [0.15, 0.2) is 0 Å². The summed E-state index contributed by atoms with van der Waals surface area (Å²) < 4.78 is 0. The third-order valence-electron chi connectivity index (χ3n) is 1.88. The molecule has 1 nitrogen and oxygen atoms in total. The van der Waals surface area contributed by atoms with Crippen LogP contribution < -0.4 is 5.73 Å². The molecule has 1 rings (SSSR count). The Balaban J connectivity index is 0.000000561. The summed E-state index contributed by atoms with van der Waals surface area (Å²) in [6, 6.07) is 4.13. The van der Waals surface area contributed by atoms with Gasteiger partial charge in [-0.25, -0.2) is 0 Å². The Hall–Kier alpha value is -0.980. The molecule has 0 fully saturated rings. The van der Waals surface area contributed by atoms with Gasteiger partial charge in [-0.2, -0.15) is 0 Å². The third-order valence-corrected chi connectivity index (χ3v) is 1.88. The maximum atomic E-state index is 5.69. The first-order valence-electron chi connectivity index (χ1n) is 4.44. The number of nitrogen functional groups attached to an aromatic ring is 1. The Kier molecular flexibility index (Phi) is 4.42. The van der Waals surface area contributed by atoms with Gasteiger partial charge in [-0.05, 0) is 43.5 Å². The number of hydrogen-bond acceptors (Lipinski definition) is 1. The molecular weight excluding hydrogens is 146 g/mol. The maximum Gasteiger partial charge on any atom is 0.0346 e. The normalized spacial score (nSPS) is 8.75. The molecule has 0 aliphatic heterocycles. The molecule has 0 amide bonds. The van der Waals surface area contributed by atoms with Crippen molar-refractivity contribution in [1.82, 2.24) is 0 Å². The van der Waals surface area contributed by atoms with E-state index in [9.17, 15) is 0 Å². The van der Waals surface area contributed by atoms with Crippen molar-refractivity contribution in [2.75, 3.05) is 5.73 Å². The molecule has 0 aromatic heterocycles. The predicted octanol–water partition coefficient (Wildman–Crippen LogP) is 3.22. The van der Waals surface area contributed by atoms with Crippen molar-refractivity contribution < 1.29 is 0 Å². The molecule has 1 heteroatoms. The first-order chi connectivity index (χ1) is 5.61. The van der Waals surface area contributed by atoms with Gasteiger partial charge >= 0.3 is 0 Å². The van der Waals surface area contributed by atoms with Gasteiger partial charge in [0.2, 0.25) is 0 Å². The highest BCUT2D eigenvalue weighted by Gasteiger charge is 1.95. The van der Waals surface area contributed by atoms with E-state index in [4.69, 9.17) is 5.73 Å². The number of hydrogen-bond donors (Lipinski definition) is 1. The van der Waals surface area contributed by atoms with Crippen molar-refractivity contribution in [3.63, 3.8) is 0 Å². The van der Waals surface area contributed by atoms with Crippen molar-refractivity contribution in [2.24, 2.45) is 0 Å². The van der Waals surface area contributed by atoms with Crippen LogP contribution in [-0.4, -0.2) is 0 Å². The molecule has 0 heterocycles. The van der Waals surface area contributed by atoms with Crippen LogP contribution in [0.25, 0.3) is 0 Å². The highest BCUT2D eigenvalue weighted by atomic mass is 14.6. The second kappa shape index (κ2) is 4.81. The molecule has 1 aromatic rings. The van der Waals surface area contributed by atoms with Crippen molar-refractivity contribution in [3.8, 4) is 0 Å². The number of benzene rings is 1. The summed E-state index contributed by atoms with van der Waals surface area (Å²) >= 11 is 0. The lowest BCUT2D eigenvalue weighted by Crippen LogP contribution is -1.91. The lowest BCUT2D eigenvalue weighted by atomic mass is 10.1. The molecule has 1 aromatic carbocycles. The number of rotatable bonds is 0. The molecule has 0 atom stereocenters. The summed E-state index contributed by atoms with van der Waals surface area (Å²) in [7, 11) is 0. The summed E-state index contributed by atoms with van der Waals surface area (Å²) in [5.41, 5.74) is 10.3. The first-order valence-corrected chi connectivity index (χ1v) is 4.44. The highest BCUT2D eigenvalue weighted by molar-refractivity contribution is 5.50. The molecule has 68 valence electrons. The van der Waals surface area contributed by atoms with E-state index < -0.39 is 0 Å². The van der Waals surface area contributed by atoms with Gasteiger partial charge in [0.25, 0.3) is 0 Å². The summed E-state index contributed by atoms with van der Waals surface area (Å²) in [6.45, 7) is 10.2. The molecule has 0 bridgehead atoms. The van der Waals surface area contributed by atoms with Crippen LogP contribution >= 0.6 is 0 Å². The number of nitrogens with two attached hydrogens (primary N) is 1. The largest absolute Gasteiger partial charge is 0.399 e. The van der Waals surface area contributed by atoms with E-state index >= 15 is 0 Å². The third kappa shape index (κ3) is 2.57. The molecule has 12 heavy (non-hydrogen) atoms. The van der Waals surface area contributed by atoms with Crippen molar-refractivity contribution in [2.45, 2.75) is 34.6 Å². The lowest BCUT2D eigenvalue weighted by Gasteiger charge is -2.03. The van der Waals surface area contributed by atoms with E-state index in [0.717, 1.165) is 5.69 Å². The molecular formula is C11H19N. The summed E-state index contributed by atoms with van der Waals surface area (Å²) in [5.74, 6) is 0. The average molecular weight is 165 g/mol. The zero-order valence-corrected chi connectivity index (χ0v) is 8.73. The van der Waals surface area contributed by atoms with Crippen LogP contribution in [0, 0.1) is 20.8 Å². The van der Waals surface area contributed by atoms with Crippen LogP contribution in [-0.2, 0) is 0 Å². The Morgan fingerprint density at radius 1 is 0.833 bits per heavy atom. The molecule has 0 aliphatic carbocycles. The smallest absolute Gasteiger partial charge is 0.0346 e. The van der Waals surface area contributed by atoms with Gasteiger partial charge in [-0.15, -0.1) is 0 Å². The van der Waals surface area contributed by atoms with Crippen LogP contribution in [0.3, 0.4) is 0 Å². The van der Waals surface area contributed by atoms with E-state index in [-0.39, 0.29) is 0 Å². The van der Waals surface area contributed by atoms with E-state index in [2.05, 4.69) is 19.9 Å². The maximum absolute atomic E-state index is 5.69. The first kappa shape index (κ1) is 11.0. The minimum atomic E-state index is 0.892. The van der Waals surface area contributed by atoms with E-state index in [1.54, 1.807) is 0 Å². The van der Waals surface area contributed by atoms with E-state index in [1.807, 2.05) is 26.8 Å². The van der Waals surface area contributed by atoms with Gasteiger partial charge in [0.1, 0.15) is 0 Å². The number of aryl methyl sites for hydroxylation is 3. The van der Waals surface area contributed by atoms with Crippen LogP contribution in [0.2, 0.25) is 0 Å². The highest BCUT2D eigenvalue weighted by Crippen LogP contribution is 2.16. The summed E-state index contributed by atoms with van der Waals surface area (Å²) in [4.78, 5) is 0. The fourth-order valence-corrected chi connectivity index (χ4v) is 0.983. The molecule has 0 radical (unpaired) electrons. The summed E-state index contributed by atoms with van der Waals surface area (Å²) in [6.07, 6.45) is 0. The molecule has 0 saturated carbocycles. The second-order valence-electron chi connectivity index (χ2n) is 2.79. The van der Waals surface area contributed by atoms with Gasteiger partial charge in [-0.1, -0.05) is 19.9 Å². The van der Waals surface area contributed by atoms with Crippen molar-refractivity contribution in [1.29, 1.82) is 0 Å². The van der Waals surface area contributed by atoms with E-state index in [0.29, 0.717) is 0 Å². The SMILES string of the molecule is CC.Cc1cc(C)c(N)cc1C. The van der Waals surface area contributed by atoms with Gasteiger partial charge in [-0.3, -0.25) is 0 Å². The van der Waals surface area contributed by atoms with E-state index in [1.165, 1.54) is 16.7 Å². The summed E-state index contributed by atoms with van der Waals surface area (Å²) in [5, 5.41) is 0. The lowest BCUT2D eigenvalue weighted by molar-refractivity contribution is 1.30. The molecule has 0 aliphatic rings. The minimum Gasteiger partial charge on any atom is -0.399 e. The zero-order valence-electron chi connectivity index (χ0n) is 8.73. The van der Waals surface area contributed by atoms with Crippen LogP contribution in [0.5, 0.6) is 0 Å². The Bertz CT molecular complexity index is 201. The molecule has 0 spiro atoms. The van der Waals surface area contributed by atoms with Crippen molar-refractivity contribution in [3.05, 3.63) is 28.8 Å². The second-order valence-corrected chi connectivity index (χ2v) is 2.79. The average Bonchev–Trinajstić information content (AvgIpc) is 2.05. The van der Waals surface area contributed by atoms with Gasteiger partial charge in [0, 0.05) is 5.69 Å². The van der Waals surface area contributed by atoms with Crippen LogP contribution in [0.1, 0.15) is 30.5 Å². The number of anilines is 1. The fraction of sp³-hybridized carbons (Fsp3) is 0.455.